The molecule has 3 aromatic rings. The van der Waals surface area contributed by atoms with Crippen molar-refractivity contribution in [2.45, 2.75) is 32.2 Å². The monoisotopic (exact) mass is 467 g/mol. The van der Waals surface area contributed by atoms with Crippen molar-refractivity contribution in [1.82, 2.24) is 0 Å². The molecule has 1 atom stereocenters. The highest BCUT2D eigenvalue weighted by Crippen LogP contribution is 2.43. The summed E-state index contributed by atoms with van der Waals surface area (Å²) >= 11 is 0. The summed E-state index contributed by atoms with van der Waals surface area (Å²) in [5, 5.41) is 11.0. The summed E-state index contributed by atoms with van der Waals surface area (Å²) in [6.45, 7) is 2.66. The highest BCUT2D eigenvalue weighted by molar-refractivity contribution is 6.51. The van der Waals surface area contributed by atoms with Crippen LogP contribution in [0.25, 0.3) is 5.76 Å². The van der Waals surface area contributed by atoms with Crippen LogP contribution >= 0.6 is 0 Å². The summed E-state index contributed by atoms with van der Waals surface area (Å²) in [5.41, 5.74) is -0.296. The Labute approximate surface area is 195 Å². The zero-order valence-electron chi connectivity index (χ0n) is 18.5. The van der Waals surface area contributed by atoms with Gasteiger partial charge in [0, 0.05) is 11.6 Å². The van der Waals surface area contributed by atoms with Gasteiger partial charge in [0.05, 0.1) is 24.1 Å². The van der Waals surface area contributed by atoms with Crippen LogP contribution in [0.3, 0.4) is 0 Å². The average molecular weight is 467 g/mol. The SMILES string of the molecule is CCCCCOc1ccc(/C(O)=C2/C(=O)C(=O)N(c3ccc(F)cc3F)C2c2ccco2)cc1. The zero-order chi connectivity index (χ0) is 24.2. The molecule has 0 aliphatic carbocycles. The quantitative estimate of drug-likeness (QED) is 0.197. The first-order valence-electron chi connectivity index (χ1n) is 10.9. The summed E-state index contributed by atoms with van der Waals surface area (Å²) in [6.07, 6.45) is 4.39. The third-order valence-electron chi connectivity index (χ3n) is 5.57. The van der Waals surface area contributed by atoms with Gasteiger partial charge in [-0.3, -0.25) is 14.5 Å². The molecule has 1 N–H and O–H groups in total. The molecule has 0 bridgehead atoms. The molecule has 2 heterocycles. The number of halogens is 2. The standard InChI is InChI=1S/C26H23F2NO5/c1-2-3-4-13-33-18-10-7-16(8-11-18)24(30)22-23(21-6-5-14-34-21)29(26(32)25(22)31)20-12-9-17(27)15-19(20)28/h5-12,14-15,23,30H,2-4,13H2,1H3/b24-22-. The number of anilines is 1. The second-order valence-electron chi connectivity index (χ2n) is 7.86. The molecular weight excluding hydrogens is 444 g/mol. The van der Waals surface area contributed by atoms with E-state index >= 15 is 0 Å². The number of ether oxygens (including phenoxy) is 1. The van der Waals surface area contributed by atoms with Crippen LogP contribution < -0.4 is 9.64 Å². The van der Waals surface area contributed by atoms with Gasteiger partial charge in [0.25, 0.3) is 11.7 Å². The van der Waals surface area contributed by atoms with Crippen molar-refractivity contribution in [3.05, 3.63) is 89.4 Å². The highest BCUT2D eigenvalue weighted by atomic mass is 19.1. The predicted octanol–water partition coefficient (Wildman–Crippen LogP) is 5.75. The first kappa shape index (κ1) is 23.2. The maximum atomic E-state index is 14.6. The van der Waals surface area contributed by atoms with Crippen LogP contribution in [-0.4, -0.2) is 23.4 Å². The van der Waals surface area contributed by atoms with Gasteiger partial charge in [0.2, 0.25) is 0 Å². The number of unbranched alkanes of at least 4 members (excludes halogenated alkanes) is 2. The van der Waals surface area contributed by atoms with Crippen LogP contribution in [0.4, 0.5) is 14.5 Å². The van der Waals surface area contributed by atoms with Gasteiger partial charge in [-0.05, 0) is 55.0 Å². The average Bonchev–Trinajstić information content (AvgIpc) is 3.44. The Kier molecular flexibility index (Phi) is 6.77. The van der Waals surface area contributed by atoms with Crippen molar-refractivity contribution >= 4 is 23.1 Å². The van der Waals surface area contributed by atoms with E-state index in [1.807, 2.05) is 0 Å². The van der Waals surface area contributed by atoms with Crippen LogP contribution in [0, 0.1) is 11.6 Å². The molecular formula is C26H23F2NO5. The Morgan fingerprint density at radius 2 is 1.85 bits per heavy atom. The second kappa shape index (κ2) is 9.91. The lowest BCUT2D eigenvalue weighted by Crippen LogP contribution is -2.30. The molecule has 0 radical (unpaired) electrons. The molecule has 1 aromatic heterocycles. The largest absolute Gasteiger partial charge is 0.507 e. The molecule has 1 saturated heterocycles. The van der Waals surface area contributed by atoms with E-state index in [-0.39, 0.29) is 22.6 Å². The molecule has 1 amide bonds. The van der Waals surface area contributed by atoms with Gasteiger partial charge in [0.1, 0.15) is 34.9 Å². The number of amides is 1. The van der Waals surface area contributed by atoms with E-state index in [1.165, 1.54) is 12.3 Å². The lowest BCUT2D eigenvalue weighted by Gasteiger charge is -2.23. The summed E-state index contributed by atoms with van der Waals surface area (Å²) < 4.78 is 39.2. The molecule has 1 fully saturated rings. The van der Waals surface area contributed by atoms with Gasteiger partial charge >= 0.3 is 0 Å². The first-order valence-corrected chi connectivity index (χ1v) is 10.9. The van der Waals surface area contributed by atoms with Crippen molar-refractivity contribution in [2.75, 3.05) is 11.5 Å². The van der Waals surface area contributed by atoms with Gasteiger partial charge in [-0.1, -0.05) is 19.8 Å². The minimum Gasteiger partial charge on any atom is -0.507 e. The number of hydrogen-bond acceptors (Lipinski definition) is 5. The Balaban J connectivity index is 1.73. The van der Waals surface area contributed by atoms with Crippen molar-refractivity contribution in [3.8, 4) is 5.75 Å². The fourth-order valence-electron chi connectivity index (χ4n) is 3.88. The third kappa shape index (κ3) is 4.44. The van der Waals surface area contributed by atoms with E-state index in [4.69, 9.17) is 9.15 Å². The van der Waals surface area contributed by atoms with Crippen molar-refractivity contribution in [2.24, 2.45) is 0 Å². The lowest BCUT2D eigenvalue weighted by atomic mass is 9.99. The van der Waals surface area contributed by atoms with Gasteiger partial charge in [-0.15, -0.1) is 0 Å². The number of hydrogen-bond donors (Lipinski definition) is 1. The smallest absolute Gasteiger partial charge is 0.300 e. The van der Waals surface area contributed by atoms with Gasteiger partial charge < -0.3 is 14.3 Å². The number of Topliss-reactive ketones (excluding diaryl/α,β-unsaturated/α-hetero) is 1. The molecule has 176 valence electrons. The van der Waals surface area contributed by atoms with Crippen LogP contribution in [0.2, 0.25) is 0 Å². The summed E-state index contributed by atoms with van der Waals surface area (Å²) in [5.74, 6) is -3.63. The number of benzene rings is 2. The number of carbonyl (C=O) groups excluding carboxylic acids is 2. The molecule has 1 aliphatic heterocycles. The molecule has 8 heteroatoms. The fourth-order valence-corrected chi connectivity index (χ4v) is 3.88. The molecule has 0 spiro atoms. The Morgan fingerprint density at radius 3 is 2.50 bits per heavy atom. The molecule has 1 unspecified atom stereocenters. The molecule has 4 rings (SSSR count). The molecule has 34 heavy (non-hydrogen) atoms. The fraction of sp³-hybridized carbons (Fsp3) is 0.231. The van der Waals surface area contributed by atoms with E-state index < -0.39 is 35.1 Å². The van der Waals surface area contributed by atoms with Crippen LogP contribution in [0.5, 0.6) is 5.75 Å². The Bertz CT molecular complexity index is 1220. The number of nitrogens with zero attached hydrogens (tertiary/aromatic N) is 1. The van der Waals surface area contributed by atoms with E-state index in [0.29, 0.717) is 18.4 Å². The Hall–Kier alpha value is -3.94. The van der Waals surface area contributed by atoms with E-state index in [1.54, 1.807) is 30.3 Å². The second-order valence-corrected chi connectivity index (χ2v) is 7.86. The minimum atomic E-state index is -1.24. The van der Waals surface area contributed by atoms with Crippen molar-refractivity contribution in [1.29, 1.82) is 0 Å². The Morgan fingerprint density at radius 1 is 1.09 bits per heavy atom. The number of carbonyl (C=O) groups is 2. The third-order valence-corrected chi connectivity index (χ3v) is 5.57. The maximum absolute atomic E-state index is 14.6. The topological polar surface area (TPSA) is 80.0 Å². The highest BCUT2D eigenvalue weighted by Gasteiger charge is 2.49. The number of aliphatic hydroxyl groups is 1. The van der Waals surface area contributed by atoms with E-state index in [0.717, 1.165) is 36.3 Å². The number of furan rings is 1. The first-order chi connectivity index (χ1) is 16.4. The van der Waals surface area contributed by atoms with Crippen LogP contribution in [-0.2, 0) is 9.59 Å². The minimum absolute atomic E-state index is 0.139. The number of aliphatic hydroxyl groups excluding tert-OH is 1. The number of ketones is 1. The van der Waals surface area contributed by atoms with Crippen LogP contribution in [0.1, 0.15) is 43.6 Å². The number of rotatable bonds is 8. The van der Waals surface area contributed by atoms with Crippen molar-refractivity contribution < 1.29 is 32.6 Å². The lowest BCUT2D eigenvalue weighted by molar-refractivity contribution is -0.132. The zero-order valence-corrected chi connectivity index (χ0v) is 18.5. The van der Waals surface area contributed by atoms with Crippen molar-refractivity contribution in [3.63, 3.8) is 0 Å². The van der Waals surface area contributed by atoms with Crippen LogP contribution in [0.15, 0.2) is 70.9 Å². The van der Waals surface area contributed by atoms with E-state index in [9.17, 15) is 23.5 Å². The summed E-state index contributed by atoms with van der Waals surface area (Å²) in [4.78, 5) is 26.8. The van der Waals surface area contributed by atoms with Gasteiger partial charge in [0.15, 0.2) is 0 Å². The molecule has 2 aromatic carbocycles. The summed E-state index contributed by atoms with van der Waals surface area (Å²) in [6, 6.07) is 10.9. The van der Waals surface area contributed by atoms with E-state index in [2.05, 4.69) is 6.92 Å². The predicted molar refractivity (Wildman–Crippen MR) is 121 cm³/mol. The maximum Gasteiger partial charge on any atom is 0.300 e. The normalized spacial score (nSPS) is 17.4. The molecule has 6 nitrogen and oxygen atoms in total. The molecule has 1 aliphatic rings. The van der Waals surface area contributed by atoms with Gasteiger partial charge in [-0.25, -0.2) is 8.78 Å². The van der Waals surface area contributed by atoms with Gasteiger partial charge in [-0.2, -0.15) is 0 Å². The molecule has 0 saturated carbocycles. The summed E-state index contributed by atoms with van der Waals surface area (Å²) in [7, 11) is 0.